The lowest BCUT2D eigenvalue weighted by molar-refractivity contribution is 0.288. The van der Waals surface area contributed by atoms with Gasteiger partial charge in [-0.25, -0.2) is 6.57 Å². The molecule has 0 saturated heterocycles. The van der Waals surface area contributed by atoms with Gasteiger partial charge in [0, 0.05) is 18.1 Å². The fraction of sp³-hybridized carbons (Fsp3) is 0.857. The Labute approximate surface area is 94.8 Å². The van der Waals surface area contributed by atoms with Crippen LogP contribution < -0.4 is 5.73 Å². The molecule has 14 heavy (non-hydrogen) atoms. The van der Waals surface area contributed by atoms with Crippen LogP contribution in [-0.4, -0.2) is 37.8 Å². The van der Waals surface area contributed by atoms with Crippen molar-refractivity contribution in [3.8, 4) is 0 Å². The fourth-order valence-electron chi connectivity index (χ4n) is 0.458. The van der Waals surface area contributed by atoms with E-state index in [9.17, 15) is 0 Å². The molecule has 0 aliphatic heterocycles. The average molecular weight is 254 g/mol. The zero-order valence-electron chi connectivity index (χ0n) is 7.90. The van der Waals surface area contributed by atoms with Crippen LogP contribution in [0.1, 0.15) is 0 Å². The summed E-state index contributed by atoms with van der Waals surface area (Å²) in [6, 6.07) is 0. The van der Waals surface area contributed by atoms with E-state index in [1.54, 1.807) is 21.6 Å². The maximum absolute atomic E-state index is 6.50. The van der Waals surface area contributed by atoms with Gasteiger partial charge in [0.05, 0.1) is 6.61 Å². The minimum Gasteiger partial charge on any atom is -0.335 e. The molecule has 0 spiro atoms. The van der Waals surface area contributed by atoms with Gasteiger partial charge in [0.1, 0.15) is 6.61 Å². The van der Waals surface area contributed by atoms with E-state index in [-0.39, 0.29) is 9.03 Å². The Hall–Kier alpha value is 0.500. The molecule has 2 N–H and O–H groups in total. The Balaban J connectivity index is 2.82. The van der Waals surface area contributed by atoms with Gasteiger partial charge < -0.3 is 19.6 Å². The molecule has 0 radical (unpaired) electrons. The lowest BCUT2D eigenvalue weighted by Crippen LogP contribution is -2.00. The summed E-state index contributed by atoms with van der Waals surface area (Å²) in [4.78, 5) is 3.16. The molecular formula is C7H15N2O2PS2. The maximum atomic E-state index is 6.50. The van der Waals surface area contributed by atoms with Gasteiger partial charge >= 0.3 is 0 Å². The average Bonchev–Trinajstić information content (AvgIpc) is 2.21. The van der Waals surface area contributed by atoms with Crippen LogP contribution in [0, 0.1) is 6.57 Å². The van der Waals surface area contributed by atoms with Crippen LogP contribution in [0.25, 0.3) is 4.85 Å². The van der Waals surface area contributed by atoms with Gasteiger partial charge in [-0.05, 0) is 0 Å². The highest BCUT2D eigenvalue weighted by atomic mass is 33.1. The van der Waals surface area contributed by atoms with E-state index >= 15 is 0 Å². The van der Waals surface area contributed by atoms with Crippen molar-refractivity contribution in [3.63, 3.8) is 0 Å². The van der Waals surface area contributed by atoms with Gasteiger partial charge in [0.15, 0.2) is 9.03 Å². The highest BCUT2D eigenvalue weighted by Gasteiger charge is 1.92. The smallest absolute Gasteiger partial charge is 0.238 e. The van der Waals surface area contributed by atoms with Gasteiger partial charge in [-0.3, -0.25) is 0 Å². The predicted molar refractivity (Wildman–Crippen MR) is 65.7 cm³/mol. The summed E-state index contributed by atoms with van der Waals surface area (Å²) in [6.45, 7) is 8.80. The summed E-state index contributed by atoms with van der Waals surface area (Å²) in [5.74, 6) is 1.93. The molecule has 0 aliphatic rings. The molecule has 0 fully saturated rings. The van der Waals surface area contributed by atoms with E-state index < -0.39 is 0 Å². The first-order valence-corrected chi connectivity index (χ1v) is 7.48. The standard InChI is InChI=1S/C7H15N2O2PS2/c1-9-3-4-10-12-11-5-7-14-13-6-2-8/h12H,2-8H2. The summed E-state index contributed by atoms with van der Waals surface area (Å²) in [5.41, 5.74) is 5.33. The van der Waals surface area contributed by atoms with E-state index in [1.165, 1.54) is 0 Å². The van der Waals surface area contributed by atoms with Crippen LogP contribution in [0.5, 0.6) is 0 Å². The molecule has 4 nitrogen and oxygen atoms in total. The van der Waals surface area contributed by atoms with Gasteiger partial charge in [-0.2, -0.15) is 0 Å². The van der Waals surface area contributed by atoms with Gasteiger partial charge in [0.2, 0.25) is 6.54 Å². The first kappa shape index (κ1) is 14.5. The Kier molecular flexibility index (Phi) is 14.0. The molecule has 0 rings (SSSR count). The van der Waals surface area contributed by atoms with Crippen molar-refractivity contribution in [2.75, 3.05) is 37.8 Å². The van der Waals surface area contributed by atoms with E-state index in [0.717, 1.165) is 18.1 Å². The molecule has 0 aromatic carbocycles. The van der Waals surface area contributed by atoms with E-state index in [1.807, 2.05) is 0 Å². The van der Waals surface area contributed by atoms with Crippen LogP contribution in [0.2, 0.25) is 0 Å². The third-order valence-electron chi connectivity index (χ3n) is 0.976. The molecule has 1 atom stereocenters. The summed E-state index contributed by atoms with van der Waals surface area (Å²) in [7, 11) is 3.58. The van der Waals surface area contributed by atoms with Crippen molar-refractivity contribution in [2.24, 2.45) is 5.73 Å². The monoisotopic (exact) mass is 254 g/mol. The molecule has 7 heteroatoms. The Morgan fingerprint density at radius 3 is 2.64 bits per heavy atom. The summed E-state index contributed by atoms with van der Waals surface area (Å²) >= 11 is 0. The molecule has 0 aliphatic carbocycles. The van der Waals surface area contributed by atoms with Crippen LogP contribution in [-0.2, 0) is 9.05 Å². The van der Waals surface area contributed by atoms with E-state index in [2.05, 4.69) is 4.85 Å². The molecule has 0 amide bonds. The number of nitrogens with two attached hydrogens (primary N) is 1. The number of rotatable bonds is 10. The van der Waals surface area contributed by atoms with Crippen molar-refractivity contribution in [1.29, 1.82) is 0 Å². The molecule has 0 saturated carbocycles. The number of hydrogen-bond donors (Lipinski definition) is 1. The van der Waals surface area contributed by atoms with Crippen molar-refractivity contribution >= 4 is 30.6 Å². The van der Waals surface area contributed by atoms with Crippen molar-refractivity contribution in [3.05, 3.63) is 11.4 Å². The van der Waals surface area contributed by atoms with Crippen molar-refractivity contribution in [1.82, 2.24) is 0 Å². The van der Waals surface area contributed by atoms with Gasteiger partial charge in [-0.15, -0.1) is 0 Å². The molecular weight excluding hydrogens is 239 g/mol. The first-order valence-electron chi connectivity index (χ1n) is 4.18. The zero-order valence-corrected chi connectivity index (χ0v) is 10.5. The highest BCUT2D eigenvalue weighted by Crippen LogP contribution is 2.21. The van der Waals surface area contributed by atoms with Gasteiger partial charge in [0.25, 0.3) is 0 Å². The largest absolute Gasteiger partial charge is 0.335 e. The zero-order chi connectivity index (χ0) is 10.5. The fourth-order valence-corrected chi connectivity index (χ4v) is 2.73. The molecule has 1 unspecified atom stereocenters. The Bertz CT molecular complexity index is 157. The maximum Gasteiger partial charge on any atom is 0.238 e. The molecule has 0 bridgehead atoms. The number of hydrogen-bond acceptors (Lipinski definition) is 5. The molecule has 82 valence electrons. The normalized spacial score (nSPS) is 10.9. The Morgan fingerprint density at radius 2 is 1.93 bits per heavy atom. The lowest BCUT2D eigenvalue weighted by atomic mass is 10.7. The van der Waals surface area contributed by atoms with Gasteiger partial charge in [-0.1, -0.05) is 21.6 Å². The Morgan fingerprint density at radius 1 is 1.21 bits per heavy atom. The van der Waals surface area contributed by atoms with Crippen LogP contribution >= 0.6 is 30.6 Å². The first-order chi connectivity index (χ1) is 6.91. The highest BCUT2D eigenvalue weighted by molar-refractivity contribution is 8.76. The topological polar surface area (TPSA) is 48.8 Å². The molecule has 0 heterocycles. The second kappa shape index (κ2) is 13.5. The minimum absolute atomic E-state index is 0.0636. The minimum atomic E-state index is 0.0636. The van der Waals surface area contributed by atoms with E-state index in [0.29, 0.717) is 19.8 Å². The molecule has 0 aromatic heterocycles. The predicted octanol–water partition coefficient (Wildman–Crippen LogP) is 1.79. The third-order valence-corrected chi connectivity index (χ3v) is 4.02. The second-order valence-corrected chi connectivity index (χ2v) is 5.54. The molecule has 0 aromatic rings. The van der Waals surface area contributed by atoms with E-state index in [4.69, 9.17) is 21.4 Å². The summed E-state index contributed by atoms with van der Waals surface area (Å²) < 4.78 is 10.3. The quantitative estimate of drug-likeness (QED) is 0.279. The SMILES string of the molecule is [C-]#[N+]CCOPOCCSSCCN. The second-order valence-electron chi connectivity index (χ2n) is 2.09. The van der Waals surface area contributed by atoms with Crippen LogP contribution in [0.15, 0.2) is 0 Å². The van der Waals surface area contributed by atoms with Crippen molar-refractivity contribution < 1.29 is 9.05 Å². The third kappa shape index (κ3) is 12.5. The summed E-state index contributed by atoms with van der Waals surface area (Å²) in [5, 5.41) is 0. The summed E-state index contributed by atoms with van der Waals surface area (Å²) in [6.07, 6.45) is 0. The lowest BCUT2D eigenvalue weighted by Gasteiger charge is -2.02. The van der Waals surface area contributed by atoms with Crippen LogP contribution in [0.3, 0.4) is 0 Å². The number of nitrogens with zero attached hydrogens (tertiary/aromatic N) is 1. The van der Waals surface area contributed by atoms with Crippen molar-refractivity contribution in [2.45, 2.75) is 0 Å². The van der Waals surface area contributed by atoms with Crippen LogP contribution in [0.4, 0.5) is 0 Å².